The molecule has 1 aromatic carbocycles. The molecular formula is C78H121ClF5N13O12. The Bertz CT molecular complexity index is 3340. The molecule has 7 rings (SSSR count). The first-order chi connectivity index (χ1) is 51.4. The summed E-state index contributed by atoms with van der Waals surface area (Å²) in [4.78, 5) is 194. The summed E-state index contributed by atoms with van der Waals surface area (Å²) in [7, 11) is 9.85. The van der Waals surface area contributed by atoms with Crippen molar-refractivity contribution in [2.75, 3.05) is 115 Å². The van der Waals surface area contributed by atoms with Crippen LogP contribution in [0.2, 0.25) is 5.02 Å². The summed E-state index contributed by atoms with van der Waals surface area (Å²) in [6, 6.07) is -4.80. The summed E-state index contributed by atoms with van der Waals surface area (Å²) in [5.41, 5.74) is -2.54. The van der Waals surface area contributed by atoms with Gasteiger partial charge in [0.2, 0.25) is 70.9 Å². The molecule has 7 atom stereocenters. The third-order valence-corrected chi connectivity index (χ3v) is 24.0. The van der Waals surface area contributed by atoms with Crippen LogP contribution in [0, 0.1) is 23.7 Å². The van der Waals surface area contributed by atoms with Gasteiger partial charge in [-0.25, -0.2) is 8.78 Å². The molecular weight excluding hydrogens is 1440 g/mol. The molecule has 1 spiro atoms. The Morgan fingerprint density at radius 3 is 1.79 bits per heavy atom. The first kappa shape index (κ1) is 89.0. The van der Waals surface area contributed by atoms with Crippen molar-refractivity contribution in [3.8, 4) is 0 Å². The van der Waals surface area contributed by atoms with Crippen LogP contribution in [0.15, 0.2) is 18.2 Å². The fraction of sp³-hybridized carbons (Fsp3) is 0.769. The second-order valence-corrected chi connectivity index (χ2v) is 32.8. The molecule has 0 radical (unpaired) electrons. The highest BCUT2D eigenvalue weighted by atomic mass is 35.5. The van der Waals surface area contributed by atoms with E-state index in [4.69, 9.17) is 11.6 Å². The molecule has 0 aromatic heterocycles. The van der Waals surface area contributed by atoms with Gasteiger partial charge in [-0.05, 0) is 125 Å². The number of likely N-dealkylation sites (N-methyl/N-ethyl adjacent to an activating group) is 7. The standard InChI is InChI=1S/C78H121ClF5N13O12/c1-12-52(4)67-73(107)90(7)49-65(101)88(5)50-66(102)92(9)60(45-53-25-16-13-17-26-53)71(105)89(6)47-62(98)85-58(32-30-54-29-31-56(57(79)44-54)78(82,83)84)70(104)97(40-24-37-95-41-35-77(80,81)36-42-95)48-63(99)87-76(33-20-21-34-76)75(109)94(11)68(55-27-18-14-19-28-55)74(108)93(10)61(72(106)96-38-22-15-23-39-96)46-64(100)91(8)59(43-51(2)3)69(103)86-67/h29,31,44,51-53,55,58-61,67-68H,12-28,30,32-43,45-50H2,1-11H3,(H,85,98)(H,86,103)(H,87,99)/t52-,58-,59-,60-,61-,67-,68-/m0/s1. The van der Waals surface area contributed by atoms with Crippen LogP contribution in [-0.4, -0.2) is 282 Å². The molecule has 3 saturated carbocycles. The van der Waals surface area contributed by atoms with Crippen molar-refractivity contribution in [3.63, 3.8) is 0 Å². The summed E-state index contributed by atoms with van der Waals surface area (Å²) in [6.45, 7) is 5.51. The van der Waals surface area contributed by atoms with Crippen LogP contribution < -0.4 is 16.0 Å². The first-order valence-corrected chi connectivity index (χ1v) is 40.0. The highest BCUT2D eigenvalue weighted by Crippen LogP contribution is 2.38. The van der Waals surface area contributed by atoms with Gasteiger partial charge in [0.05, 0.1) is 43.2 Å². The first-order valence-electron chi connectivity index (χ1n) is 39.6. The number of likely N-dealkylation sites (tertiary alicyclic amines) is 2. The normalized spacial score (nSPS) is 26.0. The van der Waals surface area contributed by atoms with E-state index < -0.39 is 193 Å². The summed E-state index contributed by atoms with van der Waals surface area (Å²) < 4.78 is 71.0. The van der Waals surface area contributed by atoms with Crippen LogP contribution >= 0.6 is 11.6 Å². The quantitative estimate of drug-likeness (QED) is 0.145. The largest absolute Gasteiger partial charge is 0.417 e. The molecule has 1 aromatic rings. The van der Waals surface area contributed by atoms with Gasteiger partial charge in [-0.2, -0.15) is 13.2 Å². The number of carbonyl (C=O) groups excluding carboxylic acids is 12. The van der Waals surface area contributed by atoms with Crippen molar-refractivity contribution in [1.82, 2.24) is 64.9 Å². The lowest BCUT2D eigenvalue weighted by molar-refractivity contribution is -0.157. The zero-order valence-corrected chi connectivity index (χ0v) is 66.9. The van der Waals surface area contributed by atoms with Gasteiger partial charge in [-0.1, -0.05) is 116 Å². The Morgan fingerprint density at radius 1 is 0.606 bits per heavy atom. The van der Waals surface area contributed by atoms with Crippen LogP contribution in [0.25, 0.3) is 0 Å². The molecule has 3 heterocycles. The summed E-state index contributed by atoms with van der Waals surface area (Å²) in [6.07, 6.45) is 4.87. The van der Waals surface area contributed by atoms with E-state index in [1.165, 1.54) is 75.0 Å². The lowest BCUT2D eigenvalue weighted by atomic mass is 9.81. The maximum atomic E-state index is 15.9. The SMILES string of the molecule is CC[C@H](C)[C@@H]1NC(=O)[C@H](CC(C)C)N(C)C(=O)C[C@@H](C(=O)N2CCCCC2)N(C)C(=O)[C@H](C2CCCCC2)N(C)C(=O)C2(CCCC2)NC(=O)CN(CCCN2CCC(F)(F)CC2)C(=O)[C@H](CCc2ccc(C(F)(F)F)c(Cl)c2)NC(=O)CN(C)C(=O)[C@H](CC2CCCCC2)N(C)C(=O)CN(C)C(=O)CN(C)C1=O. The van der Waals surface area contributed by atoms with E-state index in [2.05, 4.69) is 16.0 Å². The van der Waals surface area contributed by atoms with Gasteiger partial charge in [0, 0.05) is 94.9 Å². The second kappa shape index (κ2) is 40.3. The molecule has 25 nitrogen and oxygen atoms in total. The topological polar surface area (TPSA) is 273 Å². The minimum absolute atomic E-state index is 0.0233. The van der Waals surface area contributed by atoms with Gasteiger partial charge < -0.3 is 64.9 Å². The zero-order chi connectivity index (χ0) is 80.4. The van der Waals surface area contributed by atoms with E-state index >= 15 is 28.8 Å². The van der Waals surface area contributed by atoms with Crippen molar-refractivity contribution < 1.29 is 79.5 Å². The van der Waals surface area contributed by atoms with Crippen molar-refractivity contribution in [1.29, 1.82) is 0 Å². The lowest BCUT2D eigenvalue weighted by Crippen LogP contribution is -2.64. The van der Waals surface area contributed by atoms with Crippen LogP contribution in [0.3, 0.4) is 0 Å². The summed E-state index contributed by atoms with van der Waals surface area (Å²) in [5, 5.41) is 8.03. The van der Waals surface area contributed by atoms with Crippen molar-refractivity contribution in [3.05, 3.63) is 34.3 Å². The minimum Gasteiger partial charge on any atom is -0.343 e. The predicted octanol–water partition coefficient (Wildman–Crippen LogP) is 7.38. The molecule has 3 N–H and O–H groups in total. The average Bonchev–Trinajstić information content (AvgIpc) is 1.72. The van der Waals surface area contributed by atoms with Gasteiger partial charge in [-0.3, -0.25) is 57.5 Å². The number of alkyl halides is 5. The van der Waals surface area contributed by atoms with E-state index in [0.717, 1.165) is 76.7 Å². The number of nitrogens with one attached hydrogen (secondary N) is 3. The number of hydrogen-bond donors (Lipinski definition) is 3. The molecule has 0 unspecified atom stereocenters. The monoisotopic (exact) mass is 1560 g/mol. The number of rotatable bonds is 15. The van der Waals surface area contributed by atoms with E-state index in [0.29, 0.717) is 70.9 Å². The summed E-state index contributed by atoms with van der Waals surface area (Å²) in [5.74, 6) is -12.4. The molecule has 612 valence electrons. The van der Waals surface area contributed by atoms with Crippen molar-refractivity contribution >= 4 is 82.5 Å². The fourth-order valence-electron chi connectivity index (χ4n) is 16.6. The molecule has 6 aliphatic rings. The second-order valence-electron chi connectivity index (χ2n) is 32.4. The molecule has 3 aliphatic heterocycles. The van der Waals surface area contributed by atoms with E-state index in [-0.39, 0.29) is 88.5 Å². The number of amides is 12. The Morgan fingerprint density at radius 2 is 1.19 bits per heavy atom. The molecule has 3 saturated heterocycles. The average molecular weight is 1560 g/mol. The summed E-state index contributed by atoms with van der Waals surface area (Å²) >= 11 is 6.21. The van der Waals surface area contributed by atoms with Crippen molar-refractivity contribution in [2.45, 2.75) is 249 Å². The fourth-order valence-corrected chi connectivity index (χ4v) is 16.9. The van der Waals surface area contributed by atoms with E-state index in [1.54, 1.807) is 16.7 Å². The predicted molar refractivity (Wildman–Crippen MR) is 401 cm³/mol. The minimum atomic E-state index is -4.81. The number of carbonyl (C=O) groups is 12. The van der Waals surface area contributed by atoms with Gasteiger partial charge in [0.15, 0.2) is 0 Å². The molecule has 12 amide bonds. The van der Waals surface area contributed by atoms with Crippen LogP contribution in [0.4, 0.5) is 22.0 Å². The maximum Gasteiger partial charge on any atom is 0.417 e. The van der Waals surface area contributed by atoms with Crippen molar-refractivity contribution in [2.24, 2.45) is 23.7 Å². The number of piperidine rings is 2. The molecule has 109 heavy (non-hydrogen) atoms. The molecule has 3 aliphatic carbocycles. The number of hydrogen-bond acceptors (Lipinski definition) is 13. The molecule has 6 fully saturated rings. The van der Waals surface area contributed by atoms with Gasteiger partial charge in [0.25, 0.3) is 5.92 Å². The third-order valence-electron chi connectivity index (χ3n) is 23.7. The van der Waals surface area contributed by atoms with Gasteiger partial charge in [0.1, 0.15) is 41.8 Å². The zero-order valence-electron chi connectivity index (χ0n) is 66.1. The number of aryl methyl sites for hydroxylation is 1. The Hall–Kier alpha value is -7.24. The molecule has 0 bridgehead atoms. The maximum absolute atomic E-state index is 15.9. The van der Waals surface area contributed by atoms with Gasteiger partial charge in [-0.15, -0.1) is 0 Å². The van der Waals surface area contributed by atoms with Crippen LogP contribution in [-0.2, 0) is 70.1 Å². The Labute approximate surface area is 645 Å². The third kappa shape index (κ3) is 24.4. The van der Waals surface area contributed by atoms with Crippen LogP contribution in [0.5, 0.6) is 0 Å². The number of nitrogens with zero attached hydrogens (tertiary/aromatic N) is 10. The Kier molecular flexibility index (Phi) is 32.9. The number of benzene rings is 1. The molecule has 31 heteroatoms. The van der Waals surface area contributed by atoms with E-state index in [9.17, 15) is 50.7 Å². The number of halogens is 6. The highest BCUT2D eigenvalue weighted by Gasteiger charge is 2.50. The lowest BCUT2D eigenvalue weighted by Gasteiger charge is -2.43. The van der Waals surface area contributed by atoms with Gasteiger partial charge >= 0.3 is 6.18 Å². The van der Waals surface area contributed by atoms with Crippen LogP contribution in [0.1, 0.15) is 199 Å². The van der Waals surface area contributed by atoms with E-state index in [1.807, 2.05) is 20.8 Å². The smallest absolute Gasteiger partial charge is 0.343 e. The Balaban J connectivity index is 1.32. The highest BCUT2D eigenvalue weighted by molar-refractivity contribution is 6.31.